The van der Waals surface area contributed by atoms with E-state index in [1.165, 1.54) is 25.7 Å². The van der Waals surface area contributed by atoms with Crippen LogP contribution >= 0.6 is 0 Å². The van der Waals surface area contributed by atoms with Gasteiger partial charge in [-0.15, -0.1) is 0 Å². The van der Waals surface area contributed by atoms with E-state index >= 15 is 0 Å². The maximum absolute atomic E-state index is 11.5. The predicted molar refractivity (Wildman–Crippen MR) is 74.0 cm³/mol. The average Bonchev–Trinajstić information content (AvgIpc) is 2.32. The standard InChI is InChI=1S/C16H26O/c1-15-11-7-3-2-4-9-13-16(17)14-10-6-5-8-12-15/h2-3,5-6,15H,4,7-14H2,1H3. The number of Topliss-reactive ketones (excluding diaryl/α,β-unsaturated/α-hetero) is 1. The molecule has 0 bridgehead atoms. The summed E-state index contributed by atoms with van der Waals surface area (Å²) >= 11 is 0. The van der Waals surface area contributed by atoms with E-state index in [-0.39, 0.29) is 0 Å². The van der Waals surface area contributed by atoms with Crippen molar-refractivity contribution < 1.29 is 4.79 Å². The molecule has 0 saturated carbocycles. The Labute approximate surface area is 106 Å². The normalized spacial score (nSPS) is 25.2. The van der Waals surface area contributed by atoms with E-state index < -0.39 is 0 Å². The zero-order valence-corrected chi connectivity index (χ0v) is 11.2. The second-order valence-electron chi connectivity index (χ2n) is 5.17. The van der Waals surface area contributed by atoms with Gasteiger partial charge in [0.15, 0.2) is 0 Å². The van der Waals surface area contributed by atoms with Gasteiger partial charge in [-0.3, -0.25) is 4.79 Å². The lowest BCUT2D eigenvalue weighted by Gasteiger charge is -2.07. The van der Waals surface area contributed by atoms with Gasteiger partial charge in [0, 0.05) is 12.8 Å². The number of allylic oxidation sites excluding steroid dienone is 4. The largest absolute Gasteiger partial charge is 0.300 e. The molecule has 0 heterocycles. The smallest absolute Gasteiger partial charge is 0.133 e. The number of hydrogen-bond donors (Lipinski definition) is 0. The molecular weight excluding hydrogens is 208 g/mol. The lowest BCUT2D eigenvalue weighted by atomic mass is 9.99. The van der Waals surface area contributed by atoms with Gasteiger partial charge in [0.05, 0.1) is 0 Å². The van der Waals surface area contributed by atoms with E-state index in [0.29, 0.717) is 5.78 Å². The predicted octanol–water partition coefficient (Wildman–Crippen LogP) is 4.83. The van der Waals surface area contributed by atoms with E-state index in [2.05, 4.69) is 31.2 Å². The highest BCUT2D eigenvalue weighted by atomic mass is 16.1. The van der Waals surface area contributed by atoms with E-state index in [4.69, 9.17) is 0 Å². The van der Waals surface area contributed by atoms with Crippen LogP contribution in [0.15, 0.2) is 24.3 Å². The summed E-state index contributed by atoms with van der Waals surface area (Å²) in [5, 5.41) is 0. The molecule has 0 aromatic carbocycles. The van der Waals surface area contributed by atoms with Crippen molar-refractivity contribution in [3.8, 4) is 0 Å². The third-order valence-electron chi connectivity index (χ3n) is 3.40. The molecular formula is C16H26O. The van der Waals surface area contributed by atoms with Gasteiger partial charge in [-0.25, -0.2) is 0 Å². The molecule has 1 rings (SSSR count). The molecule has 0 N–H and O–H groups in total. The first-order valence-corrected chi connectivity index (χ1v) is 7.10. The number of carbonyl (C=O) groups excluding carboxylic acids is 1. The Bertz CT molecular complexity index is 263. The molecule has 1 aliphatic rings. The van der Waals surface area contributed by atoms with E-state index in [1.54, 1.807) is 0 Å². The van der Waals surface area contributed by atoms with Crippen LogP contribution in [-0.4, -0.2) is 5.78 Å². The number of ketones is 1. The average molecular weight is 234 g/mol. The summed E-state index contributed by atoms with van der Waals surface area (Å²) in [5.41, 5.74) is 0. The number of rotatable bonds is 0. The van der Waals surface area contributed by atoms with Gasteiger partial charge in [0.25, 0.3) is 0 Å². The van der Waals surface area contributed by atoms with Gasteiger partial charge in [-0.2, -0.15) is 0 Å². The minimum Gasteiger partial charge on any atom is -0.300 e. The summed E-state index contributed by atoms with van der Waals surface area (Å²) in [6, 6.07) is 0. The molecule has 0 radical (unpaired) electrons. The van der Waals surface area contributed by atoms with Crippen molar-refractivity contribution >= 4 is 5.78 Å². The SMILES string of the molecule is CC1CCC=CCCCC(=O)CCC=CCC1. The van der Waals surface area contributed by atoms with E-state index in [9.17, 15) is 4.79 Å². The molecule has 1 heteroatoms. The molecule has 0 fully saturated rings. The van der Waals surface area contributed by atoms with Crippen LogP contribution < -0.4 is 0 Å². The second-order valence-corrected chi connectivity index (χ2v) is 5.17. The van der Waals surface area contributed by atoms with Crippen LogP contribution in [0.25, 0.3) is 0 Å². The Morgan fingerprint density at radius 2 is 1.47 bits per heavy atom. The lowest BCUT2D eigenvalue weighted by Crippen LogP contribution is -1.95. The van der Waals surface area contributed by atoms with Crippen LogP contribution in [0.4, 0.5) is 0 Å². The Morgan fingerprint density at radius 3 is 2.18 bits per heavy atom. The quantitative estimate of drug-likeness (QED) is 0.549. The molecule has 1 atom stereocenters. The molecule has 0 spiro atoms. The van der Waals surface area contributed by atoms with Gasteiger partial charge in [0.1, 0.15) is 5.78 Å². The maximum atomic E-state index is 11.5. The van der Waals surface area contributed by atoms with Crippen molar-refractivity contribution in [2.45, 2.75) is 64.7 Å². The topological polar surface area (TPSA) is 17.1 Å². The Hall–Kier alpha value is -0.850. The van der Waals surface area contributed by atoms with Crippen LogP contribution in [0.5, 0.6) is 0 Å². The summed E-state index contributed by atoms with van der Waals surface area (Å²) in [7, 11) is 0. The lowest BCUT2D eigenvalue weighted by molar-refractivity contribution is -0.119. The van der Waals surface area contributed by atoms with Crippen molar-refractivity contribution in [1.82, 2.24) is 0 Å². The van der Waals surface area contributed by atoms with Gasteiger partial charge in [-0.1, -0.05) is 31.2 Å². The summed E-state index contributed by atoms with van der Waals surface area (Å²) in [4.78, 5) is 11.5. The van der Waals surface area contributed by atoms with Crippen molar-refractivity contribution in [2.75, 3.05) is 0 Å². The molecule has 1 aliphatic carbocycles. The molecule has 17 heavy (non-hydrogen) atoms. The fraction of sp³-hybridized carbons (Fsp3) is 0.688. The van der Waals surface area contributed by atoms with Gasteiger partial charge in [0.2, 0.25) is 0 Å². The summed E-state index contributed by atoms with van der Waals surface area (Å²) < 4.78 is 0. The van der Waals surface area contributed by atoms with Crippen LogP contribution in [0.2, 0.25) is 0 Å². The highest BCUT2D eigenvalue weighted by Crippen LogP contribution is 2.14. The van der Waals surface area contributed by atoms with Crippen LogP contribution in [0, 0.1) is 5.92 Å². The summed E-state index contributed by atoms with van der Waals surface area (Å²) in [5.74, 6) is 1.24. The first-order valence-electron chi connectivity index (χ1n) is 7.10. The van der Waals surface area contributed by atoms with Crippen molar-refractivity contribution in [3.63, 3.8) is 0 Å². The molecule has 1 unspecified atom stereocenters. The minimum atomic E-state index is 0.422. The Kier molecular flexibility index (Phi) is 7.70. The fourth-order valence-electron chi connectivity index (χ4n) is 2.16. The molecule has 0 aromatic rings. The molecule has 0 aliphatic heterocycles. The van der Waals surface area contributed by atoms with Gasteiger partial charge >= 0.3 is 0 Å². The van der Waals surface area contributed by atoms with Crippen LogP contribution in [-0.2, 0) is 4.79 Å². The first-order chi connectivity index (χ1) is 8.29. The summed E-state index contributed by atoms with van der Waals surface area (Å²) in [6.07, 6.45) is 18.4. The monoisotopic (exact) mass is 234 g/mol. The molecule has 0 saturated heterocycles. The number of carbonyl (C=O) groups is 1. The maximum Gasteiger partial charge on any atom is 0.133 e. The number of hydrogen-bond acceptors (Lipinski definition) is 1. The summed E-state index contributed by atoms with van der Waals surface area (Å²) in [6.45, 7) is 2.34. The highest BCUT2D eigenvalue weighted by molar-refractivity contribution is 5.78. The third kappa shape index (κ3) is 7.95. The highest BCUT2D eigenvalue weighted by Gasteiger charge is 2.01. The van der Waals surface area contributed by atoms with E-state index in [1.807, 2.05) is 0 Å². The van der Waals surface area contributed by atoms with Gasteiger partial charge in [-0.05, 0) is 50.9 Å². The van der Waals surface area contributed by atoms with Crippen molar-refractivity contribution in [3.05, 3.63) is 24.3 Å². The molecule has 0 aromatic heterocycles. The molecule has 96 valence electrons. The zero-order valence-electron chi connectivity index (χ0n) is 11.2. The zero-order chi connectivity index (χ0) is 12.3. The van der Waals surface area contributed by atoms with Crippen LogP contribution in [0.1, 0.15) is 64.7 Å². The van der Waals surface area contributed by atoms with Crippen molar-refractivity contribution in [1.29, 1.82) is 0 Å². The molecule has 0 amide bonds. The Morgan fingerprint density at radius 1 is 0.882 bits per heavy atom. The minimum absolute atomic E-state index is 0.422. The third-order valence-corrected chi connectivity index (χ3v) is 3.40. The van der Waals surface area contributed by atoms with E-state index in [0.717, 1.165) is 38.0 Å². The second kappa shape index (κ2) is 9.21. The fourth-order valence-corrected chi connectivity index (χ4v) is 2.16. The molecule has 1 nitrogen and oxygen atoms in total. The Balaban J connectivity index is 2.36. The van der Waals surface area contributed by atoms with Gasteiger partial charge < -0.3 is 0 Å². The van der Waals surface area contributed by atoms with Crippen molar-refractivity contribution in [2.24, 2.45) is 5.92 Å². The first kappa shape index (κ1) is 14.2. The van der Waals surface area contributed by atoms with Crippen LogP contribution in [0.3, 0.4) is 0 Å².